The van der Waals surface area contributed by atoms with E-state index < -0.39 is 23.3 Å². The summed E-state index contributed by atoms with van der Waals surface area (Å²) in [4.78, 5) is 21.9. The Morgan fingerprint density at radius 2 is 2.15 bits per heavy atom. The van der Waals surface area contributed by atoms with E-state index in [1.54, 1.807) is 6.08 Å². The van der Waals surface area contributed by atoms with E-state index >= 15 is 0 Å². The summed E-state index contributed by atoms with van der Waals surface area (Å²) in [6.07, 6.45) is 3.26. The van der Waals surface area contributed by atoms with E-state index in [2.05, 4.69) is 0 Å². The summed E-state index contributed by atoms with van der Waals surface area (Å²) in [5.74, 6) is -2.74. The maximum absolute atomic E-state index is 11.0. The van der Waals surface area contributed by atoms with Crippen molar-refractivity contribution in [2.45, 2.75) is 19.3 Å². The van der Waals surface area contributed by atoms with Gasteiger partial charge < -0.3 is 10.2 Å². The molecular weight excluding hydrogens is 172 g/mol. The van der Waals surface area contributed by atoms with Crippen molar-refractivity contribution in [1.82, 2.24) is 0 Å². The Hall–Kier alpha value is -1.32. The molecule has 2 bridgehead atoms. The SMILES string of the molecule is O=C(O)C1C2=CCC1(C(=O)O)CC2. The topological polar surface area (TPSA) is 74.6 Å². The lowest BCUT2D eigenvalue weighted by Crippen LogP contribution is -2.36. The fraction of sp³-hybridized carbons (Fsp3) is 0.556. The molecule has 0 aromatic rings. The molecule has 0 aliphatic heterocycles. The Balaban J connectivity index is 2.42. The molecule has 2 rings (SSSR count). The highest BCUT2D eigenvalue weighted by molar-refractivity contribution is 5.88. The van der Waals surface area contributed by atoms with Gasteiger partial charge in [-0.2, -0.15) is 0 Å². The molecule has 0 aromatic heterocycles. The van der Waals surface area contributed by atoms with Crippen molar-refractivity contribution < 1.29 is 19.8 Å². The minimum Gasteiger partial charge on any atom is -0.481 e. The number of carbonyl (C=O) groups is 2. The molecule has 2 N–H and O–H groups in total. The first-order valence-electron chi connectivity index (χ1n) is 4.23. The predicted octanol–water partition coefficient (Wildman–Crippen LogP) is 0.882. The van der Waals surface area contributed by atoms with Crippen LogP contribution in [0.2, 0.25) is 0 Å². The normalized spacial score (nSPS) is 36.0. The summed E-state index contributed by atoms with van der Waals surface area (Å²) < 4.78 is 0. The molecule has 2 aliphatic carbocycles. The average molecular weight is 182 g/mol. The van der Waals surface area contributed by atoms with Gasteiger partial charge in [0, 0.05) is 0 Å². The molecule has 2 unspecified atom stereocenters. The highest BCUT2D eigenvalue weighted by atomic mass is 16.4. The fourth-order valence-electron chi connectivity index (χ4n) is 2.48. The zero-order chi connectivity index (χ0) is 9.64. The van der Waals surface area contributed by atoms with Crippen LogP contribution in [0.3, 0.4) is 0 Å². The highest BCUT2D eigenvalue weighted by Gasteiger charge is 2.57. The molecule has 1 saturated carbocycles. The lowest BCUT2D eigenvalue weighted by molar-refractivity contribution is -0.158. The van der Waals surface area contributed by atoms with Crippen LogP contribution >= 0.6 is 0 Å². The van der Waals surface area contributed by atoms with Crippen molar-refractivity contribution in [2.75, 3.05) is 0 Å². The molecule has 13 heavy (non-hydrogen) atoms. The van der Waals surface area contributed by atoms with Gasteiger partial charge in [0.05, 0.1) is 11.3 Å². The molecular formula is C9H10O4. The van der Waals surface area contributed by atoms with E-state index in [4.69, 9.17) is 10.2 Å². The number of hydrogen-bond acceptors (Lipinski definition) is 2. The molecule has 70 valence electrons. The van der Waals surface area contributed by atoms with Gasteiger partial charge in [-0.25, -0.2) is 0 Å². The highest BCUT2D eigenvalue weighted by Crippen LogP contribution is 2.54. The van der Waals surface area contributed by atoms with Gasteiger partial charge in [-0.3, -0.25) is 9.59 Å². The van der Waals surface area contributed by atoms with Crippen LogP contribution in [0.1, 0.15) is 19.3 Å². The molecule has 0 heterocycles. The van der Waals surface area contributed by atoms with E-state index in [0.29, 0.717) is 19.3 Å². The molecule has 2 aliphatic rings. The third-order valence-corrected chi connectivity index (χ3v) is 3.18. The van der Waals surface area contributed by atoms with Crippen molar-refractivity contribution in [3.8, 4) is 0 Å². The van der Waals surface area contributed by atoms with E-state index in [9.17, 15) is 9.59 Å². The van der Waals surface area contributed by atoms with Crippen LogP contribution in [0.5, 0.6) is 0 Å². The molecule has 4 nitrogen and oxygen atoms in total. The largest absolute Gasteiger partial charge is 0.481 e. The number of fused-ring (bicyclic) bond motifs is 2. The van der Waals surface area contributed by atoms with Crippen LogP contribution in [-0.2, 0) is 9.59 Å². The first-order valence-corrected chi connectivity index (χ1v) is 4.23. The quantitative estimate of drug-likeness (QED) is 0.621. The second-order valence-electron chi connectivity index (χ2n) is 3.72. The smallest absolute Gasteiger partial charge is 0.311 e. The van der Waals surface area contributed by atoms with Gasteiger partial charge in [0.2, 0.25) is 0 Å². The van der Waals surface area contributed by atoms with E-state index in [1.165, 1.54) is 0 Å². The van der Waals surface area contributed by atoms with Crippen LogP contribution in [0.4, 0.5) is 0 Å². The monoisotopic (exact) mass is 182 g/mol. The van der Waals surface area contributed by atoms with Crippen LogP contribution in [0.15, 0.2) is 11.6 Å². The number of rotatable bonds is 2. The van der Waals surface area contributed by atoms with Gasteiger partial charge in [0.25, 0.3) is 0 Å². The van der Waals surface area contributed by atoms with Gasteiger partial charge in [-0.1, -0.05) is 11.6 Å². The minimum absolute atomic E-state index is 0.384. The summed E-state index contributed by atoms with van der Waals surface area (Å²) in [6.45, 7) is 0. The maximum Gasteiger partial charge on any atom is 0.311 e. The Morgan fingerprint density at radius 3 is 2.46 bits per heavy atom. The van der Waals surface area contributed by atoms with Crippen molar-refractivity contribution in [2.24, 2.45) is 11.3 Å². The van der Waals surface area contributed by atoms with Crippen molar-refractivity contribution in [3.63, 3.8) is 0 Å². The fourth-order valence-corrected chi connectivity index (χ4v) is 2.48. The van der Waals surface area contributed by atoms with E-state index in [0.717, 1.165) is 5.57 Å². The number of carboxylic acid groups (broad SMARTS) is 2. The molecule has 0 saturated heterocycles. The van der Waals surface area contributed by atoms with Crippen LogP contribution in [0.25, 0.3) is 0 Å². The van der Waals surface area contributed by atoms with Crippen LogP contribution in [0, 0.1) is 11.3 Å². The Bertz CT molecular complexity index is 318. The molecule has 0 spiro atoms. The molecule has 1 fully saturated rings. The van der Waals surface area contributed by atoms with Crippen molar-refractivity contribution in [1.29, 1.82) is 0 Å². The molecule has 4 heteroatoms. The van der Waals surface area contributed by atoms with Gasteiger partial charge in [0.1, 0.15) is 0 Å². The average Bonchev–Trinajstić information content (AvgIpc) is 2.58. The standard InChI is InChI=1S/C9H10O4/c10-7(11)6-5-1-3-9(6,4-2-5)8(12)13/h1,6H,2-4H2,(H,10,11)(H,12,13). The molecule has 0 amide bonds. The second kappa shape index (κ2) is 2.34. The number of allylic oxidation sites excluding steroid dienone is 1. The number of carboxylic acids is 2. The summed E-state index contributed by atoms with van der Waals surface area (Å²) in [7, 11) is 0. The van der Waals surface area contributed by atoms with Crippen LogP contribution < -0.4 is 0 Å². The first kappa shape index (κ1) is 8.29. The zero-order valence-electron chi connectivity index (χ0n) is 6.99. The lowest BCUT2D eigenvalue weighted by atomic mass is 9.78. The van der Waals surface area contributed by atoms with Crippen molar-refractivity contribution in [3.05, 3.63) is 11.6 Å². The van der Waals surface area contributed by atoms with Gasteiger partial charge in [-0.05, 0) is 19.3 Å². The number of aliphatic carboxylic acids is 2. The third kappa shape index (κ3) is 0.855. The predicted molar refractivity (Wildman–Crippen MR) is 43.1 cm³/mol. The maximum atomic E-state index is 11.0. The van der Waals surface area contributed by atoms with E-state index in [1.807, 2.05) is 0 Å². The third-order valence-electron chi connectivity index (χ3n) is 3.18. The molecule has 0 radical (unpaired) electrons. The Labute approximate surface area is 74.9 Å². The molecule has 2 atom stereocenters. The minimum atomic E-state index is -1.03. The van der Waals surface area contributed by atoms with Gasteiger partial charge in [-0.15, -0.1) is 0 Å². The number of hydrogen-bond donors (Lipinski definition) is 2. The zero-order valence-corrected chi connectivity index (χ0v) is 6.99. The summed E-state index contributed by atoms with van der Waals surface area (Å²) >= 11 is 0. The Morgan fingerprint density at radius 1 is 1.46 bits per heavy atom. The summed E-state index contributed by atoms with van der Waals surface area (Å²) in [5.41, 5.74) is -0.226. The Kier molecular flexibility index (Phi) is 1.49. The second-order valence-corrected chi connectivity index (χ2v) is 3.72. The van der Waals surface area contributed by atoms with Crippen molar-refractivity contribution >= 4 is 11.9 Å². The van der Waals surface area contributed by atoms with Crippen LogP contribution in [-0.4, -0.2) is 22.2 Å². The first-order chi connectivity index (χ1) is 6.08. The summed E-state index contributed by atoms with van der Waals surface area (Å²) in [5, 5.41) is 17.9. The molecule has 0 aromatic carbocycles. The summed E-state index contributed by atoms with van der Waals surface area (Å²) in [6, 6.07) is 0. The van der Waals surface area contributed by atoms with E-state index in [-0.39, 0.29) is 0 Å². The lowest BCUT2D eigenvalue weighted by Gasteiger charge is -2.23. The van der Waals surface area contributed by atoms with Gasteiger partial charge >= 0.3 is 11.9 Å². The van der Waals surface area contributed by atoms with Gasteiger partial charge in [0.15, 0.2) is 0 Å².